The van der Waals surface area contributed by atoms with Gasteiger partial charge in [-0.25, -0.2) is 0 Å². The number of carbonyl (C=O) groups is 1. The highest BCUT2D eigenvalue weighted by atomic mass is 16.5. The van der Waals surface area contributed by atoms with E-state index < -0.39 is 6.10 Å². The normalized spacial score (nSPS) is 12.3. The fourth-order valence-electron chi connectivity index (χ4n) is 5.40. The summed E-state index contributed by atoms with van der Waals surface area (Å²) < 4.78 is 5.79. The van der Waals surface area contributed by atoms with Gasteiger partial charge in [0.2, 0.25) is 5.91 Å². The van der Waals surface area contributed by atoms with Crippen LogP contribution in [0.25, 0.3) is 0 Å². The lowest BCUT2D eigenvalue weighted by Crippen LogP contribution is -2.37. The lowest BCUT2D eigenvalue weighted by Gasteiger charge is -2.24. The fourth-order valence-corrected chi connectivity index (χ4v) is 5.40. The first-order chi connectivity index (χ1) is 20.1. The van der Waals surface area contributed by atoms with E-state index in [0.717, 1.165) is 58.4 Å². The van der Waals surface area contributed by atoms with Crippen molar-refractivity contribution in [2.24, 2.45) is 0 Å². The van der Waals surface area contributed by atoms with Gasteiger partial charge >= 0.3 is 0 Å². The Bertz CT molecular complexity index is 520. The maximum absolute atomic E-state index is 12.2. The number of amides is 1. The first-order valence-electron chi connectivity index (χ1n) is 18.0. The molecule has 0 heterocycles. The summed E-state index contributed by atoms with van der Waals surface area (Å²) in [6, 6.07) is 0. The highest BCUT2D eigenvalue weighted by Crippen LogP contribution is 2.13. The predicted octanol–water partition coefficient (Wildman–Crippen LogP) is 8.18. The maximum atomic E-state index is 12.2. The number of nitrogens with zero attached hydrogens (tertiary/aromatic N) is 1. The summed E-state index contributed by atoms with van der Waals surface area (Å²) in [5.41, 5.74) is 0. The SMILES string of the molecule is CCCCCCCCCCCCCCCCCC(=O)NCCCN(CCCOCCCCCCCC)CC(O)CO. The van der Waals surface area contributed by atoms with Crippen molar-refractivity contribution < 1.29 is 19.7 Å². The van der Waals surface area contributed by atoms with Crippen LogP contribution in [-0.2, 0) is 9.53 Å². The highest BCUT2D eigenvalue weighted by molar-refractivity contribution is 5.75. The van der Waals surface area contributed by atoms with Gasteiger partial charge in [0.1, 0.15) is 0 Å². The number of aliphatic hydroxyl groups excluding tert-OH is 2. The Hall–Kier alpha value is -0.690. The molecule has 0 aliphatic rings. The van der Waals surface area contributed by atoms with Crippen LogP contribution in [0.2, 0.25) is 0 Å². The third kappa shape index (κ3) is 32.1. The van der Waals surface area contributed by atoms with E-state index in [0.29, 0.717) is 19.5 Å². The Labute approximate surface area is 255 Å². The van der Waals surface area contributed by atoms with Crippen molar-refractivity contribution in [2.45, 2.75) is 174 Å². The van der Waals surface area contributed by atoms with Gasteiger partial charge in [0.25, 0.3) is 0 Å². The average molecular weight is 585 g/mol. The zero-order valence-electron chi connectivity index (χ0n) is 27.7. The minimum atomic E-state index is -0.723. The predicted molar refractivity (Wildman–Crippen MR) is 176 cm³/mol. The minimum Gasteiger partial charge on any atom is -0.394 e. The number of aliphatic hydroxyl groups is 2. The van der Waals surface area contributed by atoms with Gasteiger partial charge in [0.15, 0.2) is 0 Å². The van der Waals surface area contributed by atoms with E-state index in [1.54, 1.807) is 0 Å². The summed E-state index contributed by atoms with van der Waals surface area (Å²) in [5, 5.41) is 22.2. The van der Waals surface area contributed by atoms with Crippen LogP contribution < -0.4 is 5.32 Å². The van der Waals surface area contributed by atoms with Gasteiger partial charge in [-0.2, -0.15) is 0 Å². The van der Waals surface area contributed by atoms with Gasteiger partial charge in [0.05, 0.1) is 12.7 Å². The molecule has 0 fully saturated rings. The molecule has 1 unspecified atom stereocenters. The van der Waals surface area contributed by atoms with Crippen LogP contribution in [0.1, 0.15) is 168 Å². The summed E-state index contributed by atoms with van der Waals surface area (Å²) in [6.07, 6.45) is 29.3. The van der Waals surface area contributed by atoms with Gasteiger partial charge in [-0.1, -0.05) is 136 Å². The van der Waals surface area contributed by atoms with E-state index in [-0.39, 0.29) is 12.5 Å². The molecule has 0 rings (SSSR count). The molecule has 0 aliphatic carbocycles. The van der Waals surface area contributed by atoms with Crippen LogP contribution >= 0.6 is 0 Å². The molecule has 0 radical (unpaired) electrons. The number of ether oxygens (including phenoxy) is 1. The van der Waals surface area contributed by atoms with Gasteiger partial charge < -0.3 is 25.2 Å². The zero-order chi connectivity index (χ0) is 30.1. The summed E-state index contributed by atoms with van der Waals surface area (Å²) in [5.74, 6) is 0.157. The molecule has 1 atom stereocenters. The lowest BCUT2D eigenvalue weighted by atomic mass is 10.0. The molecule has 0 aromatic heterocycles. The van der Waals surface area contributed by atoms with Gasteiger partial charge in [0, 0.05) is 39.3 Å². The standard InChI is InChI=1S/C35H72N2O4/c1-3-5-7-9-11-12-13-14-15-16-17-18-19-20-22-26-35(40)36-27-24-28-37(32-34(39)33-38)29-25-31-41-30-23-21-10-8-6-4-2/h34,38-39H,3-33H2,1-2H3,(H,36,40). The number of unbranched alkanes of at least 4 members (excludes halogenated alkanes) is 19. The number of hydrogen-bond acceptors (Lipinski definition) is 5. The Morgan fingerprint density at radius 2 is 1.07 bits per heavy atom. The number of hydrogen-bond donors (Lipinski definition) is 3. The molecule has 0 aromatic carbocycles. The Morgan fingerprint density at radius 1 is 0.634 bits per heavy atom. The largest absolute Gasteiger partial charge is 0.394 e. The summed E-state index contributed by atoms with van der Waals surface area (Å²) in [6.45, 7) is 8.62. The van der Waals surface area contributed by atoms with E-state index in [9.17, 15) is 15.0 Å². The van der Waals surface area contributed by atoms with Crippen molar-refractivity contribution in [3.63, 3.8) is 0 Å². The molecule has 0 aliphatic heterocycles. The molecule has 3 N–H and O–H groups in total. The van der Waals surface area contributed by atoms with Crippen LogP contribution in [0.4, 0.5) is 0 Å². The molecular weight excluding hydrogens is 512 g/mol. The van der Waals surface area contributed by atoms with Crippen molar-refractivity contribution in [3.05, 3.63) is 0 Å². The van der Waals surface area contributed by atoms with Crippen LogP contribution in [0.5, 0.6) is 0 Å². The molecule has 0 saturated heterocycles. The quantitative estimate of drug-likeness (QED) is 0.0665. The zero-order valence-corrected chi connectivity index (χ0v) is 27.7. The Kier molecular flexibility index (Phi) is 33.2. The van der Waals surface area contributed by atoms with Crippen LogP contribution in [0, 0.1) is 0 Å². The number of rotatable bonds is 34. The van der Waals surface area contributed by atoms with E-state index in [4.69, 9.17) is 4.74 Å². The molecule has 41 heavy (non-hydrogen) atoms. The summed E-state index contributed by atoms with van der Waals surface area (Å²) >= 11 is 0. The third-order valence-electron chi connectivity index (χ3n) is 8.07. The van der Waals surface area contributed by atoms with Crippen LogP contribution in [0.15, 0.2) is 0 Å². The first kappa shape index (κ1) is 40.3. The van der Waals surface area contributed by atoms with Crippen molar-refractivity contribution in [1.29, 1.82) is 0 Å². The van der Waals surface area contributed by atoms with Gasteiger partial charge in [-0.05, 0) is 32.2 Å². The monoisotopic (exact) mass is 585 g/mol. The van der Waals surface area contributed by atoms with E-state index >= 15 is 0 Å². The molecule has 0 spiro atoms. The average Bonchev–Trinajstić information content (AvgIpc) is 2.97. The van der Waals surface area contributed by atoms with Crippen molar-refractivity contribution >= 4 is 5.91 Å². The van der Waals surface area contributed by atoms with E-state index in [1.165, 1.54) is 116 Å². The molecule has 0 bridgehead atoms. The Morgan fingerprint density at radius 3 is 1.59 bits per heavy atom. The second-order valence-corrected chi connectivity index (χ2v) is 12.3. The van der Waals surface area contributed by atoms with E-state index in [2.05, 4.69) is 24.1 Å². The topological polar surface area (TPSA) is 82.0 Å². The minimum absolute atomic E-state index is 0.157. The molecule has 1 amide bonds. The van der Waals surface area contributed by atoms with Gasteiger partial charge in [-0.15, -0.1) is 0 Å². The van der Waals surface area contributed by atoms with Crippen molar-refractivity contribution in [1.82, 2.24) is 10.2 Å². The Balaban J connectivity index is 3.64. The highest BCUT2D eigenvalue weighted by Gasteiger charge is 2.11. The van der Waals surface area contributed by atoms with Gasteiger partial charge in [-0.3, -0.25) is 4.79 Å². The molecule has 6 heteroatoms. The van der Waals surface area contributed by atoms with Crippen LogP contribution in [0.3, 0.4) is 0 Å². The van der Waals surface area contributed by atoms with Crippen molar-refractivity contribution in [2.75, 3.05) is 46.0 Å². The molecule has 246 valence electrons. The lowest BCUT2D eigenvalue weighted by molar-refractivity contribution is -0.121. The first-order valence-corrected chi connectivity index (χ1v) is 18.0. The molecule has 0 aromatic rings. The second kappa shape index (κ2) is 33.8. The van der Waals surface area contributed by atoms with Crippen LogP contribution in [-0.4, -0.2) is 73.1 Å². The smallest absolute Gasteiger partial charge is 0.219 e. The van der Waals surface area contributed by atoms with E-state index in [1.807, 2.05) is 0 Å². The maximum Gasteiger partial charge on any atom is 0.219 e. The molecule has 0 saturated carbocycles. The molecule has 6 nitrogen and oxygen atoms in total. The molecular formula is C35H72N2O4. The summed E-state index contributed by atoms with van der Waals surface area (Å²) in [7, 11) is 0. The number of nitrogens with one attached hydrogen (secondary N) is 1. The summed E-state index contributed by atoms with van der Waals surface area (Å²) in [4.78, 5) is 14.4. The van der Waals surface area contributed by atoms with Crippen molar-refractivity contribution in [3.8, 4) is 0 Å². The fraction of sp³-hybridized carbons (Fsp3) is 0.971. The number of carbonyl (C=O) groups excluding carboxylic acids is 1. The second-order valence-electron chi connectivity index (χ2n) is 12.3. The third-order valence-corrected chi connectivity index (χ3v) is 8.07.